The van der Waals surface area contributed by atoms with E-state index in [2.05, 4.69) is 21.9 Å². The van der Waals surface area contributed by atoms with E-state index in [9.17, 15) is 0 Å². The van der Waals surface area contributed by atoms with Crippen molar-refractivity contribution in [1.82, 2.24) is 9.97 Å². The third-order valence-corrected chi connectivity index (χ3v) is 2.64. The Hall–Kier alpha value is -1.42. The standard InChI is InChI=1S/C10H11N3S/c1-7(2)5-11-9-8-3-4-14-10(8)13-6-12-9/h3-4,6H,1,5H2,2H3,(H,11,12,13). The van der Waals surface area contributed by atoms with E-state index in [0.717, 1.165) is 28.2 Å². The molecule has 1 N–H and O–H groups in total. The predicted molar refractivity (Wildman–Crippen MR) is 60.7 cm³/mol. The molecule has 0 saturated heterocycles. The van der Waals surface area contributed by atoms with Crippen molar-refractivity contribution in [2.75, 3.05) is 11.9 Å². The summed E-state index contributed by atoms with van der Waals surface area (Å²) in [6.45, 7) is 6.57. The van der Waals surface area contributed by atoms with Crippen molar-refractivity contribution in [2.45, 2.75) is 6.92 Å². The Morgan fingerprint density at radius 3 is 3.21 bits per heavy atom. The summed E-state index contributed by atoms with van der Waals surface area (Å²) in [5, 5.41) is 6.33. The van der Waals surface area contributed by atoms with Crippen LogP contribution in [0.1, 0.15) is 6.92 Å². The fraction of sp³-hybridized carbons (Fsp3) is 0.200. The molecule has 4 heteroatoms. The SMILES string of the molecule is C=C(C)CNc1ncnc2sccc12. The zero-order valence-electron chi connectivity index (χ0n) is 7.95. The highest BCUT2D eigenvalue weighted by atomic mass is 32.1. The molecule has 0 unspecified atom stereocenters. The fourth-order valence-corrected chi connectivity index (χ4v) is 1.90. The Bertz CT molecular complexity index is 461. The molecule has 2 aromatic rings. The van der Waals surface area contributed by atoms with Crippen LogP contribution in [0.2, 0.25) is 0 Å². The van der Waals surface area contributed by atoms with E-state index >= 15 is 0 Å². The number of rotatable bonds is 3. The topological polar surface area (TPSA) is 37.8 Å². The largest absolute Gasteiger partial charge is 0.366 e. The van der Waals surface area contributed by atoms with Crippen molar-refractivity contribution in [2.24, 2.45) is 0 Å². The first-order valence-electron chi connectivity index (χ1n) is 4.34. The van der Waals surface area contributed by atoms with Crippen molar-refractivity contribution >= 4 is 27.4 Å². The molecule has 0 aromatic carbocycles. The number of nitrogens with zero attached hydrogens (tertiary/aromatic N) is 2. The molecule has 0 spiro atoms. The molecule has 0 bridgehead atoms. The molecule has 0 amide bonds. The highest BCUT2D eigenvalue weighted by molar-refractivity contribution is 7.16. The Morgan fingerprint density at radius 2 is 2.43 bits per heavy atom. The summed E-state index contributed by atoms with van der Waals surface area (Å²) in [5.74, 6) is 0.888. The lowest BCUT2D eigenvalue weighted by atomic mass is 10.3. The van der Waals surface area contributed by atoms with Gasteiger partial charge in [-0.2, -0.15) is 0 Å². The van der Waals surface area contributed by atoms with Crippen molar-refractivity contribution in [3.05, 3.63) is 29.9 Å². The van der Waals surface area contributed by atoms with Gasteiger partial charge < -0.3 is 5.32 Å². The number of hydrogen-bond donors (Lipinski definition) is 1. The van der Waals surface area contributed by atoms with Crippen LogP contribution in [0.15, 0.2) is 29.9 Å². The molecule has 2 rings (SSSR count). The molecule has 2 heterocycles. The Balaban J connectivity index is 2.32. The minimum absolute atomic E-state index is 0.752. The Labute approximate surface area is 86.5 Å². The molecule has 0 saturated carbocycles. The zero-order valence-corrected chi connectivity index (χ0v) is 8.77. The van der Waals surface area contributed by atoms with Gasteiger partial charge in [0.05, 0.1) is 5.39 Å². The Kier molecular flexibility index (Phi) is 2.45. The van der Waals surface area contributed by atoms with Gasteiger partial charge in [-0.05, 0) is 18.4 Å². The number of fused-ring (bicyclic) bond motifs is 1. The molecule has 72 valence electrons. The molecular formula is C10H11N3S. The monoisotopic (exact) mass is 205 g/mol. The molecule has 0 atom stereocenters. The summed E-state index contributed by atoms with van der Waals surface area (Å²) in [6, 6.07) is 2.03. The average Bonchev–Trinajstić information content (AvgIpc) is 2.62. The first kappa shape index (κ1) is 9.15. The number of hydrogen-bond acceptors (Lipinski definition) is 4. The summed E-state index contributed by atoms with van der Waals surface area (Å²) in [6.07, 6.45) is 1.58. The molecule has 2 aromatic heterocycles. The van der Waals surface area contributed by atoms with Gasteiger partial charge in [0, 0.05) is 6.54 Å². The summed E-state index contributed by atoms with van der Waals surface area (Å²) < 4.78 is 0. The second-order valence-electron chi connectivity index (χ2n) is 3.17. The highest BCUT2D eigenvalue weighted by Crippen LogP contribution is 2.23. The second kappa shape index (κ2) is 3.75. The number of thiophene rings is 1. The molecule has 0 aliphatic carbocycles. The van der Waals surface area contributed by atoms with E-state index in [-0.39, 0.29) is 0 Å². The average molecular weight is 205 g/mol. The van der Waals surface area contributed by atoms with Gasteiger partial charge in [0.15, 0.2) is 0 Å². The smallest absolute Gasteiger partial charge is 0.138 e. The second-order valence-corrected chi connectivity index (χ2v) is 4.07. The van der Waals surface area contributed by atoms with Crippen LogP contribution in [0.5, 0.6) is 0 Å². The van der Waals surface area contributed by atoms with Gasteiger partial charge in [-0.25, -0.2) is 9.97 Å². The number of anilines is 1. The fourth-order valence-electron chi connectivity index (χ4n) is 1.17. The van der Waals surface area contributed by atoms with Crippen LogP contribution >= 0.6 is 11.3 Å². The normalized spacial score (nSPS) is 10.4. The van der Waals surface area contributed by atoms with E-state index in [4.69, 9.17) is 0 Å². The van der Waals surface area contributed by atoms with Crippen LogP contribution < -0.4 is 5.32 Å². The van der Waals surface area contributed by atoms with Crippen LogP contribution in [0.25, 0.3) is 10.2 Å². The zero-order chi connectivity index (χ0) is 9.97. The summed E-state index contributed by atoms with van der Waals surface area (Å²) >= 11 is 1.62. The maximum Gasteiger partial charge on any atom is 0.138 e. The Morgan fingerprint density at radius 1 is 1.57 bits per heavy atom. The molecule has 0 aliphatic heterocycles. The lowest BCUT2D eigenvalue weighted by Gasteiger charge is -2.04. The number of nitrogens with one attached hydrogen (secondary N) is 1. The van der Waals surface area contributed by atoms with E-state index in [0.29, 0.717) is 0 Å². The maximum atomic E-state index is 4.19. The highest BCUT2D eigenvalue weighted by Gasteiger charge is 2.02. The molecular weight excluding hydrogens is 194 g/mol. The van der Waals surface area contributed by atoms with Gasteiger partial charge in [0.1, 0.15) is 17.0 Å². The minimum Gasteiger partial charge on any atom is -0.366 e. The van der Waals surface area contributed by atoms with Gasteiger partial charge in [-0.15, -0.1) is 11.3 Å². The summed E-state index contributed by atoms with van der Waals surface area (Å²) in [5.41, 5.74) is 1.09. The third kappa shape index (κ3) is 1.75. The lowest BCUT2D eigenvalue weighted by Crippen LogP contribution is -2.03. The van der Waals surface area contributed by atoms with Crippen LogP contribution in [0.4, 0.5) is 5.82 Å². The summed E-state index contributed by atoms with van der Waals surface area (Å²) in [4.78, 5) is 9.39. The first-order valence-corrected chi connectivity index (χ1v) is 5.22. The predicted octanol–water partition coefficient (Wildman–Crippen LogP) is 2.68. The van der Waals surface area contributed by atoms with Crippen molar-refractivity contribution < 1.29 is 0 Å². The van der Waals surface area contributed by atoms with Crippen LogP contribution in [0.3, 0.4) is 0 Å². The van der Waals surface area contributed by atoms with E-state index in [1.165, 1.54) is 0 Å². The molecule has 14 heavy (non-hydrogen) atoms. The van der Waals surface area contributed by atoms with Gasteiger partial charge in [-0.3, -0.25) is 0 Å². The van der Waals surface area contributed by atoms with Crippen LogP contribution in [-0.4, -0.2) is 16.5 Å². The number of aromatic nitrogens is 2. The van der Waals surface area contributed by atoms with Crippen molar-refractivity contribution in [1.29, 1.82) is 0 Å². The van der Waals surface area contributed by atoms with Gasteiger partial charge in [0.2, 0.25) is 0 Å². The molecule has 0 aliphatic rings. The van der Waals surface area contributed by atoms with Gasteiger partial charge in [-0.1, -0.05) is 12.2 Å². The van der Waals surface area contributed by atoms with E-state index < -0.39 is 0 Å². The lowest BCUT2D eigenvalue weighted by molar-refractivity contribution is 1.15. The molecule has 0 radical (unpaired) electrons. The van der Waals surface area contributed by atoms with Crippen LogP contribution in [0, 0.1) is 0 Å². The van der Waals surface area contributed by atoms with Gasteiger partial charge >= 0.3 is 0 Å². The third-order valence-electron chi connectivity index (χ3n) is 1.82. The van der Waals surface area contributed by atoms with E-state index in [1.54, 1.807) is 17.7 Å². The van der Waals surface area contributed by atoms with Gasteiger partial charge in [0.25, 0.3) is 0 Å². The maximum absolute atomic E-state index is 4.19. The minimum atomic E-state index is 0.752. The quantitative estimate of drug-likeness (QED) is 0.783. The van der Waals surface area contributed by atoms with E-state index in [1.807, 2.05) is 18.4 Å². The molecule has 3 nitrogen and oxygen atoms in total. The van der Waals surface area contributed by atoms with Crippen LogP contribution in [-0.2, 0) is 0 Å². The van der Waals surface area contributed by atoms with Crippen molar-refractivity contribution in [3.63, 3.8) is 0 Å². The first-order chi connectivity index (χ1) is 6.77. The summed E-state index contributed by atoms with van der Waals surface area (Å²) in [7, 11) is 0. The van der Waals surface area contributed by atoms with Crippen molar-refractivity contribution in [3.8, 4) is 0 Å². The molecule has 0 fully saturated rings.